The van der Waals surface area contributed by atoms with Crippen LogP contribution in [-0.4, -0.2) is 41.6 Å². The summed E-state index contributed by atoms with van der Waals surface area (Å²) in [7, 11) is 1.62. The Balaban J connectivity index is 0.00000140. The summed E-state index contributed by atoms with van der Waals surface area (Å²) in [6.07, 6.45) is -2.98. The molecule has 3 N–H and O–H groups in total. The topological polar surface area (TPSA) is 141 Å². The van der Waals surface area contributed by atoms with Crippen LogP contribution >= 0.6 is 0 Å². The van der Waals surface area contributed by atoms with Gasteiger partial charge in [0.25, 0.3) is 11.8 Å². The number of amides is 4. The fraction of sp³-hybridized carbons (Fsp3) is 0.424. The van der Waals surface area contributed by atoms with Gasteiger partial charge in [-0.3, -0.25) is 24.5 Å². The minimum Gasteiger partial charge on any atom is -0.460 e. The van der Waals surface area contributed by atoms with Gasteiger partial charge < -0.3 is 20.3 Å². The Labute approximate surface area is 268 Å². The van der Waals surface area contributed by atoms with Gasteiger partial charge in [0.2, 0.25) is 11.8 Å². The molecule has 0 spiro atoms. The van der Waals surface area contributed by atoms with E-state index in [4.69, 9.17) is 4.74 Å². The highest BCUT2D eigenvalue weighted by atomic mass is 19.4. The van der Waals surface area contributed by atoms with Crippen molar-refractivity contribution in [3.05, 3.63) is 64.4 Å². The molecule has 46 heavy (non-hydrogen) atoms. The normalized spacial score (nSPS) is 15.6. The Bertz CT molecular complexity index is 1460. The van der Waals surface area contributed by atoms with E-state index in [0.29, 0.717) is 11.3 Å². The van der Waals surface area contributed by atoms with Gasteiger partial charge in [0.1, 0.15) is 23.6 Å². The van der Waals surface area contributed by atoms with Crippen molar-refractivity contribution in [2.24, 2.45) is 0 Å². The lowest BCUT2D eigenvalue weighted by atomic mass is 10.0. The number of allylic oxidation sites excluding steroid dienone is 1. The molecule has 0 saturated carbocycles. The molecule has 1 fully saturated rings. The highest BCUT2D eigenvalue weighted by molar-refractivity contribution is 6.07. The van der Waals surface area contributed by atoms with Gasteiger partial charge in [-0.2, -0.15) is 18.4 Å². The van der Waals surface area contributed by atoms with Crippen LogP contribution in [0.25, 0.3) is 0 Å². The lowest BCUT2D eigenvalue weighted by molar-refractivity contribution is -0.138. The van der Waals surface area contributed by atoms with E-state index in [0.717, 1.165) is 24.3 Å². The second-order valence-corrected chi connectivity index (χ2v) is 9.53. The first-order chi connectivity index (χ1) is 21.8. The number of ether oxygens (including phenoxy) is 1. The number of nitrogens with one attached hydrogen (secondary N) is 3. The molecular weight excluding hydrogens is 603 g/mol. The molecule has 0 radical (unpaired) electrons. The summed E-state index contributed by atoms with van der Waals surface area (Å²) < 4.78 is 44.1. The lowest BCUT2D eigenvalue weighted by Gasteiger charge is -2.29. The zero-order valence-corrected chi connectivity index (χ0v) is 27.4. The zero-order valence-electron chi connectivity index (χ0n) is 27.4. The zero-order chi connectivity index (χ0) is 35.2. The highest BCUT2D eigenvalue weighted by Gasteiger charge is 2.40. The molecule has 1 unspecified atom stereocenters. The Morgan fingerprint density at radius 1 is 1.09 bits per heavy atom. The summed E-state index contributed by atoms with van der Waals surface area (Å²) in [6, 6.07) is 7.63. The highest BCUT2D eigenvalue weighted by Crippen LogP contribution is 2.36. The van der Waals surface area contributed by atoms with Crippen molar-refractivity contribution in [1.82, 2.24) is 10.2 Å². The maximum absolute atomic E-state index is 13.2. The van der Waals surface area contributed by atoms with Crippen LogP contribution < -0.4 is 20.7 Å². The van der Waals surface area contributed by atoms with E-state index in [1.165, 1.54) is 24.3 Å². The molecule has 2 aliphatic rings. The number of piperidine rings is 1. The molecule has 2 aromatic carbocycles. The van der Waals surface area contributed by atoms with Crippen LogP contribution in [0.2, 0.25) is 0 Å². The lowest BCUT2D eigenvalue weighted by Crippen LogP contribution is -2.52. The fourth-order valence-corrected chi connectivity index (χ4v) is 4.37. The van der Waals surface area contributed by atoms with Crippen molar-refractivity contribution in [2.45, 2.75) is 86.5 Å². The van der Waals surface area contributed by atoms with Crippen molar-refractivity contribution < 1.29 is 37.1 Å². The molecule has 0 bridgehead atoms. The first kappa shape index (κ1) is 39.2. The summed E-state index contributed by atoms with van der Waals surface area (Å²) >= 11 is 0. The van der Waals surface area contributed by atoms with Gasteiger partial charge >= 0.3 is 6.18 Å². The molecule has 10 nitrogen and oxygen atoms in total. The van der Waals surface area contributed by atoms with E-state index in [2.05, 4.69) is 29.8 Å². The predicted octanol–water partition coefficient (Wildman–Crippen LogP) is 6.79. The SMILES string of the molecule is CC.CC.CCC.CNc1cc(O/C(C)=C(/C#N)C(=O)Nc2ccc(C(F)(F)F)cc2)cc2c1CN(C1CCC(=O)NC1=O)C2=O. The van der Waals surface area contributed by atoms with Gasteiger partial charge in [0.15, 0.2) is 5.57 Å². The van der Waals surface area contributed by atoms with Crippen LogP contribution in [0.15, 0.2) is 47.7 Å². The minimum absolute atomic E-state index is 0.0442. The number of carbonyl (C=O) groups excluding carboxylic acids is 4. The third-order valence-corrected chi connectivity index (χ3v) is 6.33. The average Bonchev–Trinajstić information content (AvgIpc) is 3.35. The Kier molecular flexibility index (Phi) is 15.5. The maximum Gasteiger partial charge on any atom is 0.416 e. The van der Waals surface area contributed by atoms with Gasteiger partial charge in [-0.15, -0.1) is 0 Å². The Hall–Kier alpha value is -4.86. The van der Waals surface area contributed by atoms with E-state index in [1.807, 2.05) is 27.7 Å². The smallest absolute Gasteiger partial charge is 0.416 e. The monoisotopic (exact) mass is 645 g/mol. The van der Waals surface area contributed by atoms with E-state index in [-0.39, 0.29) is 42.1 Å². The van der Waals surface area contributed by atoms with Crippen molar-refractivity contribution in [3.63, 3.8) is 0 Å². The van der Waals surface area contributed by atoms with Crippen LogP contribution in [-0.2, 0) is 27.1 Å². The summed E-state index contributed by atoms with van der Waals surface area (Å²) in [6.45, 7) is 13.7. The first-order valence-corrected chi connectivity index (χ1v) is 15.1. The minimum atomic E-state index is -4.53. The number of benzene rings is 2. The maximum atomic E-state index is 13.2. The van der Waals surface area contributed by atoms with E-state index < -0.39 is 47.0 Å². The van der Waals surface area contributed by atoms with Crippen LogP contribution in [0.1, 0.15) is 89.2 Å². The number of fused-ring (bicyclic) bond motifs is 1. The second-order valence-electron chi connectivity index (χ2n) is 9.53. The van der Waals surface area contributed by atoms with E-state index >= 15 is 0 Å². The molecule has 1 saturated heterocycles. The van der Waals surface area contributed by atoms with Crippen LogP contribution in [0.3, 0.4) is 0 Å². The molecule has 250 valence electrons. The Morgan fingerprint density at radius 2 is 1.67 bits per heavy atom. The van der Waals surface area contributed by atoms with Gasteiger partial charge in [-0.1, -0.05) is 48.0 Å². The van der Waals surface area contributed by atoms with Crippen molar-refractivity contribution in [1.29, 1.82) is 5.26 Å². The standard InChI is InChI=1S/C26H22F3N5O5.C3H8.2C2H6/c1-13(18(11-30)23(36)32-15-5-3-14(4-6-15)26(27,28)29)39-16-9-17-19(20(10-16)31-2)12-34(25(17)38)21-7-8-22(35)33-24(21)37;1-3-2;2*1-2/h3-6,9-10,21,31H,7-8,12H2,1-2H3,(H,32,36)(H,33,35,37);3H2,1-2H3;2*1-2H3/b18-13-;;;. The molecule has 13 heteroatoms. The first-order valence-electron chi connectivity index (χ1n) is 15.1. The number of hydrogen-bond donors (Lipinski definition) is 3. The summed E-state index contributed by atoms with van der Waals surface area (Å²) in [5.74, 6) is -2.27. The molecular formula is C33H42F3N5O5. The fourth-order valence-electron chi connectivity index (χ4n) is 4.37. The van der Waals surface area contributed by atoms with Gasteiger partial charge in [-0.05, 0) is 43.7 Å². The summed E-state index contributed by atoms with van der Waals surface area (Å²) in [5, 5.41) is 17.1. The predicted molar refractivity (Wildman–Crippen MR) is 170 cm³/mol. The van der Waals surface area contributed by atoms with Gasteiger partial charge in [0.05, 0.1) is 11.1 Å². The molecule has 1 atom stereocenters. The van der Waals surface area contributed by atoms with Crippen LogP contribution in [0, 0.1) is 11.3 Å². The van der Waals surface area contributed by atoms with Gasteiger partial charge in [0, 0.05) is 43.0 Å². The Morgan fingerprint density at radius 3 is 2.17 bits per heavy atom. The number of hydrogen-bond acceptors (Lipinski definition) is 7. The summed E-state index contributed by atoms with van der Waals surface area (Å²) in [4.78, 5) is 51.1. The molecule has 0 aliphatic carbocycles. The van der Waals surface area contributed by atoms with E-state index in [9.17, 15) is 37.6 Å². The van der Waals surface area contributed by atoms with Gasteiger partial charge in [-0.25, -0.2) is 0 Å². The number of nitriles is 1. The molecule has 2 aliphatic heterocycles. The average molecular weight is 646 g/mol. The van der Waals surface area contributed by atoms with Crippen molar-refractivity contribution in [3.8, 4) is 11.8 Å². The number of nitrogens with zero attached hydrogens (tertiary/aromatic N) is 2. The number of alkyl halides is 3. The van der Waals surface area contributed by atoms with Crippen LogP contribution in [0.5, 0.6) is 5.75 Å². The largest absolute Gasteiger partial charge is 0.460 e. The number of carbonyl (C=O) groups is 4. The third-order valence-electron chi connectivity index (χ3n) is 6.33. The molecule has 4 amide bonds. The quantitative estimate of drug-likeness (QED) is 0.136. The number of imide groups is 1. The van der Waals surface area contributed by atoms with Crippen LogP contribution in [0.4, 0.5) is 24.5 Å². The second kappa shape index (κ2) is 18.2. The van der Waals surface area contributed by atoms with Crippen molar-refractivity contribution >= 4 is 35.0 Å². The van der Waals surface area contributed by atoms with Crippen molar-refractivity contribution in [2.75, 3.05) is 17.7 Å². The van der Waals surface area contributed by atoms with E-state index in [1.54, 1.807) is 19.2 Å². The molecule has 2 heterocycles. The molecule has 2 aromatic rings. The number of halogens is 3. The molecule has 4 rings (SSSR count). The number of anilines is 2. The summed E-state index contributed by atoms with van der Waals surface area (Å²) in [5.41, 5.74) is 0.106. The molecule has 0 aromatic heterocycles. The third kappa shape index (κ3) is 9.82. The number of rotatable bonds is 6.